The molecule has 34 heavy (non-hydrogen) atoms. The van der Waals surface area contributed by atoms with E-state index >= 15 is 0 Å². The van der Waals surface area contributed by atoms with E-state index in [1.165, 1.54) is 16.7 Å². The third-order valence-corrected chi connectivity index (χ3v) is 7.80. The van der Waals surface area contributed by atoms with E-state index in [0.29, 0.717) is 33.0 Å². The molecule has 0 unspecified atom stereocenters. The molecule has 0 spiro atoms. The number of carbonyl (C=O) groups excluding carboxylic acids is 1. The quantitative estimate of drug-likeness (QED) is 0.425. The summed E-state index contributed by atoms with van der Waals surface area (Å²) in [5.41, 5.74) is 1.21. The maximum absolute atomic E-state index is 13.3. The Morgan fingerprint density at radius 2 is 2.06 bits per heavy atom. The van der Waals surface area contributed by atoms with Crippen molar-refractivity contribution >= 4 is 46.1 Å². The number of anilines is 1. The van der Waals surface area contributed by atoms with Gasteiger partial charge in [0.15, 0.2) is 0 Å². The van der Waals surface area contributed by atoms with Crippen LogP contribution >= 0.6 is 24.0 Å². The lowest BCUT2D eigenvalue weighted by Crippen LogP contribution is -2.39. The van der Waals surface area contributed by atoms with Crippen LogP contribution in [-0.2, 0) is 17.9 Å². The summed E-state index contributed by atoms with van der Waals surface area (Å²) in [4.78, 5) is 30.8. The molecule has 2 aromatic rings. The molecule has 2 aliphatic rings. The molecular formula is C25H28N4O3S2. The zero-order valence-corrected chi connectivity index (χ0v) is 21.3. The van der Waals surface area contributed by atoms with Crippen LogP contribution in [0.5, 0.6) is 0 Å². The lowest BCUT2D eigenvalue weighted by Gasteiger charge is -2.35. The normalized spacial score (nSPS) is 18.2. The first-order valence-electron chi connectivity index (χ1n) is 11.6. The summed E-state index contributed by atoms with van der Waals surface area (Å²) in [7, 11) is 0. The van der Waals surface area contributed by atoms with E-state index in [4.69, 9.17) is 16.6 Å². The predicted molar refractivity (Wildman–Crippen MR) is 138 cm³/mol. The maximum Gasteiger partial charge on any atom is 0.270 e. The Kier molecular flexibility index (Phi) is 7.29. The Labute approximate surface area is 209 Å². The summed E-state index contributed by atoms with van der Waals surface area (Å²) >= 11 is 6.73. The minimum atomic E-state index is -0.266. The monoisotopic (exact) mass is 496 g/mol. The predicted octanol–water partition coefficient (Wildman–Crippen LogP) is 4.67. The number of nitriles is 1. The first kappa shape index (κ1) is 24.3. The zero-order chi connectivity index (χ0) is 24.4. The molecule has 0 N–H and O–H groups in total. The first-order chi connectivity index (χ1) is 16.3. The van der Waals surface area contributed by atoms with Crippen LogP contribution < -0.4 is 10.5 Å². The van der Waals surface area contributed by atoms with Crippen LogP contribution in [0.3, 0.4) is 0 Å². The van der Waals surface area contributed by atoms with Crippen LogP contribution in [0.25, 0.3) is 6.08 Å². The molecule has 2 aromatic heterocycles. The molecule has 7 nitrogen and oxygen atoms in total. The van der Waals surface area contributed by atoms with Crippen molar-refractivity contribution in [3.05, 3.63) is 56.1 Å². The van der Waals surface area contributed by atoms with E-state index in [0.717, 1.165) is 43.7 Å². The van der Waals surface area contributed by atoms with Crippen molar-refractivity contribution in [2.45, 2.75) is 53.1 Å². The van der Waals surface area contributed by atoms with Gasteiger partial charge in [-0.15, -0.1) is 0 Å². The number of rotatable bonds is 6. The minimum absolute atomic E-state index is 0.125. The Morgan fingerprint density at radius 1 is 1.32 bits per heavy atom. The largest absolute Gasteiger partial charge is 0.467 e. The number of nitrogens with zero attached hydrogens (tertiary/aromatic N) is 4. The molecule has 178 valence electrons. The van der Waals surface area contributed by atoms with Crippen LogP contribution in [0.4, 0.5) is 5.82 Å². The van der Waals surface area contributed by atoms with Crippen LogP contribution in [0.1, 0.15) is 55.6 Å². The topological polar surface area (TPSA) is 82.5 Å². The summed E-state index contributed by atoms with van der Waals surface area (Å²) in [6.45, 7) is 8.48. The van der Waals surface area contributed by atoms with E-state index in [9.17, 15) is 14.9 Å². The summed E-state index contributed by atoms with van der Waals surface area (Å²) in [6, 6.07) is 5.69. The van der Waals surface area contributed by atoms with Gasteiger partial charge >= 0.3 is 0 Å². The van der Waals surface area contributed by atoms with Crippen molar-refractivity contribution in [1.82, 2.24) is 9.47 Å². The molecule has 0 atom stereocenters. The van der Waals surface area contributed by atoms with Crippen LogP contribution in [0.15, 0.2) is 32.5 Å². The van der Waals surface area contributed by atoms with E-state index < -0.39 is 0 Å². The number of carbonyl (C=O) groups is 1. The highest BCUT2D eigenvalue weighted by molar-refractivity contribution is 8.26. The van der Waals surface area contributed by atoms with E-state index in [1.54, 1.807) is 23.8 Å². The summed E-state index contributed by atoms with van der Waals surface area (Å²) in [5.74, 6) is 1.88. The number of aromatic nitrogens is 1. The average molecular weight is 497 g/mol. The number of thioether (sulfide) groups is 1. The molecule has 0 bridgehead atoms. The summed E-state index contributed by atoms with van der Waals surface area (Å²) in [6.07, 6.45) is 6.21. The van der Waals surface area contributed by atoms with Gasteiger partial charge in [0.25, 0.3) is 11.5 Å². The number of hydrogen-bond donors (Lipinski definition) is 0. The van der Waals surface area contributed by atoms with Crippen molar-refractivity contribution in [3.63, 3.8) is 0 Å². The van der Waals surface area contributed by atoms with E-state index in [1.807, 2.05) is 19.1 Å². The van der Waals surface area contributed by atoms with Crippen molar-refractivity contribution in [2.24, 2.45) is 5.92 Å². The smallest absolute Gasteiger partial charge is 0.270 e. The van der Waals surface area contributed by atoms with Crippen LogP contribution in [0.2, 0.25) is 0 Å². The van der Waals surface area contributed by atoms with Gasteiger partial charge in [-0.3, -0.25) is 19.1 Å². The third-order valence-electron chi connectivity index (χ3n) is 6.42. The molecule has 2 aliphatic heterocycles. The fourth-order valence-electron chi connectivity index (χ4n) is 4.46. The minimum Gasteiger partial charge on any atom is -0.467 e. The van der Waals surface area contributed by atoms with Gasteiger partial charge in [0, 0.05) is 25.2 Å². The summed E-state index contributed by atoms with van der Waals surface area (Å²) in [5, 5.41) is 9.78. The van der Waals surface area contributed by atoms with Gasteiger partial charge in [-0.1, -0.05) is 37.8 Å². The second kappa shape index (κ2) is 10.2. The molecule has 4 rings (SSSR count). The molecular weight excluding hydrogens is 468 g/mol. The third kappa shape index (κ3) is 4.57. The highest BCUT2D eigenvalue weighted by atomic mass is 32.2. The number of thiocarbonyl (C=S) groups is 1. The fourth-order valence-corrected chi connectivity index (χ4v) is 5.70. The molecule has 2 saturated heterocycles. The lowest BCUT2D eigenvalue weighted by molar-refractivity contribution is -0.122. The molecule has 4 heterocycles. The second-order valence-corrected chi connectivity index (χ2v) is 10.5. The fraction of sp³-hybridized carbons (Fsp3) is 0.440. The average Bonchev–Trinajstić information content (AvgIpc) is 3.42. The molecule has 0 aromatic carbocycles. The maximum atomic E-state index is 13.3. The Bertz CT molecular complexity index is 1230. The van der Waals surface area contributed by atoms with Gasteiger partial charge in [-0.05, 0) is 55.9 Å². The first-order valence-corrected chi connectivity index (χ1v) is 12.8. The zero-order valence-electron chi connectivity index (χ0n) is 19.7. The highest BCUT2D eigenvalue weighted by Gasteiger charge is 2.34. The van der Waals surface area contributed by atoms with Crippen molar-refractivity contribution in [3.8, 4) is 6.07 Å². The molecule has 0 saturated carbocycles. The van der Waals surface area contributed by atoms with Crippen LogP contribution in [0, 0.1) is 24.2 Å². The van der Waals surface area contributed by atoms with Crippen molar-refractivity contribution in [2.75, 3.05) is 18.0 Å². The number of pyridine rings is 1. The standard InChI is InChI=1S/C25H28N4O3S2/c1-4-9-28-22(27-10-7-16(2)8-11-27)19(17(3)20(14-26)23(28)30)13-21-24(31)29(25(33)34-21)15-18-6-5-12-32-18/h5-6,12-13,16H,4,7-11,15H2,1-3H3/b21-13+. The van der Waals surface area contributed by atoms with E-state index in [2.05, 4.69) is 17.9 Å². The molecule has 0 aliphatic carbocycles. The van der Waals surface area contributed by atoms with Gasteiger partial charge in [0.2, 0.25) is 0 Å². The number of piperidine rings is 1. The van der Waals surface area contributed by atoms with E-state index in [-0.39, 0.29) is 23.6 Å². The number of amides is 1. The van der Waals surface area contributed by atoms with Gasteiger partial charge in [0.05, 0.1) is 17.7 Å². The number of furan rings is 1. The Balaban J connectivity index is 1.83. The van der Waals surface area contributed by atoms with Gasteiger partial charge in [-0.2, -0.15) is 5.26 Å². The Hall–Kier alpha value is -2.83. The van der Waals surface area contributed by atoms with Crippen molar-refractivity contribution in [1.29, 1.82) is 5.26 Å². The van der Waals surface area contributed by atoms with Crippen LogP contribution in [-0.4, -0.2) is 32.8 Å². The lowest BCUT2D eigenvalue weighted by atomic mass is 9.97. The molecule has 1 amide bonds. The molecule has 2 fully saturated rings. The second-order valence-electron chi connectivity index (χ2n) is 8.82. The Morgan fingerprint density at radius 3 is 2.68 bits per heavy atom. The number of hydrogen-bond acceptors (Lipinski definition) is 7. The molecule has 0 radical (unpaired) electrons. The van der Waals surface area contributed by atoms with Crippen molar-refractivity contribution < 1.29 is 9.21 Å². The molecule has 9 heteroatoms. The SMILES string of the molecule is CCCn1c(N2CCC(C)CC2)c(/C=C2/SC(=S)N(Cc3ccco3)C2=O)c(C)c(C#N)c1=O. The van der Waals surface area contributed by atoms with Gasteiger partial charge in [-0.25, -0.2) is 0 Å². The highest BCUT2D eigenvalue weighted by Crippen LogP contribution is 2.37. The van der Waals surface area contributed by atoms with Gasteiger partial charge in [0.1, 0.15) is 27.5 Å². The van der Waals surface area contributed by atoms with Gasteiger partial charge < -0.3 is 9.32 Å². The summed E-state index contributed by atoms with van der Waals surface area (Å²) < 4.78 is 7.57.